The first-order chi connectivity index (χ1) is 8.26. The van der Waals surface area contributed by atoms with E-state index in [0.29, 0.717) is 11.5 Å². The van der Waals surface area contributed by atoms with Crippen molar-refractivity contribution in [3.8, 4) is 0 Å². The summed E-state index contributed by atoms with van der Waals surface area (Å²) in [5.74, 6) is 0.502. The Morgan fingerprint density at radius 1 is 1.53 bits per heavy atom. The Balaban J connectivity index is 2.32. The van der Waals surface area contributed by atoms with E-state index in [1.165, 1.54) is 18.1 Å². The van der Waals surface area contributed by atoms with E-state index in [0.717, 1.165) is 10.4 Å². The molecule has 0 unspecified atom stereocenters. The molecule has 2 rings (SSSR count). The van der Waals surface area contributed by atoms with Gasteiger partial charge in [-0.1, -0.05) is 0 Å². The molecule has 8 heteroatoms. The molecule has 0 saturated carbocycles. The van der Waals surface area contributed by atoms with Crippen LogP contribution in [0.2, 0.25) is 0 Å². The number of rotatable bonds is 4. The van der Waals surface area contributed by atoms with Crippen molar-refractivity contribution in [2.45, 2.75) is 5.03 Å². The van der Waals surface area contributed by atoms with Gasteiger partial charge in [0.15, 0.2) is 5.65 Å². The molecule has 0 saturated heterocycles. The Bertz CT molecular complexity index is 539. The quantitative estimate of drug-likeness (QED) is 0.674. The molecule has 90 valence electrons. The Morgan fingerprint density at radius 2 is 2.35 bits per heavy atom. The molecule has 0 radical (unpaired) electrons. The van der Waals surface area contributed by atoms with Crippen LogP contribution in [0.1, 0.15) is 0 Å². The second-order valence-electron chi connectivity index (χ2n) is 3.21. The van der Waals surface area contributed by atoms with E-state index in [1.807, 2.05) is 6.26 Å². The fourth-order valence-electron chi connectivity index (χ4n) is 1.37. The summed E-state index contributed by atoms with van der Waals surface area (Å²) in [6.07, 6.45) is 3.35. The summed E-state index contributed by atoms with van der Waals surface area (Å²) >= 11 is 1.50. The lowest BCUT2D eigenvalue weighted by Gasteiger charge is -2.05. The average Bonchev–Trinajstić information content (AvgIpc) is 2.79. The topological polar surface area (TPSA) is 95.6 Å². The average molecular weight is 252 g/mol. The highest BCUT2D eigenvalue weighted by atomic mass is 32.2. The first-order valence-electron chi connectivity index (χ1n) is 4.93. The predicted molar refractivity (Wildman–Crippen MR) is 66.0 cm³/mol. The largest absolute Gasteiger partial charge is 0.360 e. The minimum absolute atomic E-state index is 0.106. The molecule has 2 heterocycles. The minimum Gasteiger partial charge on any atom is -0.360 e. The Morgan fingerprint density at radius 3 is 3.06 bits per heavy atom. The van der Waals surface area contributed by atoms with Crippen LogP contribution in [0.15, 0.2) is 11.4 Å². The van der Waals surface area contributed by atoms with E-state index < -0.39 is 0 Å². The summed E-state index contributed by atoms with van der Waals surface area (Å²) in [6, 6.07) is 0. The minimum atomic E-state index is -0.106. The van der Waals surface area contributed by atoms with Crippen LogP contribution in [-0.2, 0) is 4.79 Å². The lowest BCUT2D eigenvalue weighted by molar-refractivity contribution is -0.118. The highest BCUT2D eigenvalue weighted by Crippen LogP contribution is 2.27. The zero-order valence-corrected chi connectivity index (χ0v) is 10.3. The number of fused-ring (bicyclic) bond motifs is 1. The first kappa shape index (κ1) is 11.6. The number of thioether (sulfide) groups is 1. The standard InChI is InChI=1S/C9H12N6OS/c1-10-5(16)3-11-7-6-8(13-4-12-7)14-15-9(6)17-2/h4H,3H2,1-2H3,(H,10,16)(H2,11,12,13,14,15). The van der Waals surface area contributed by atoms with Crippen LogP contribution in [-0.4, -0.2) is 45.9 Å². The number of H-pyrrole nitrogens is 1. The number of carbonyl (C=O) groups excluding carboxylic acids is 1. The number of anilines is 1. The van der Waals surface area contributed by atoms with Gasteiger partial charge in [0.05, 0.1) is 11.9 Å². The van der Waals surface area contributed by atoms with Crippen molar-refractivity contribution in [2.24, 2.45) is 0 Å². The van der Waals surface area contributed by atoms with Gasteiger partial charge in [-0.15, -0.1) is 11.8 Å². The summed E-state index contributed by atoms with van der Waals surface area (Å²) < 4.78 is 0. The smallest absolute Gasteiger partial charge is 0.239 e. The molecule has 0 bridgehead atoms. The van der Waals surface area contributed by atoms with Gasteiger partial charge >= 0.3 is 0 Å². The van der Waals surface area contributed by atoms with E-state index in [1.54, 1.807) is 7.05 Å². The molecule has 7 nitrogen and oxygen atoms in total. The van der Waals surface area contributed by atoms with E-state index in [4.69, 9.17) is 0 Å². The molecule has 3 N–H and O–H groups in total. The van der Waals surface area contributed by atoms with Gasteiger partial charge in [-0.05, 0) is 6.26 Å². The van der Waals surface area contributed by atoms with Crippen LogP contribution in [0.25, 0.3) is 11.0 Å². The zero-order valence-electron chi connectivity index (χ0n) is 9.44. The van der Waals surface area contributed by atoms with Crippen molar-refractivity contribution in [1.82, 2.24) is 25.5 Å². The van der Waals surface area contributed by atoms with Gasteiger partial charge in [-0.2, -0.15) is 5.10 Å². The number of carbonyl (C=O) groups is 1. The molecule has 0 aliphatic rings. The van der Waals surface area contributed by atoms with Crippen LogP contribution in [0.4, 0.5) is 5.82 Å². The van der Waals surface area contributed by atoms with Crippen LogP contribution in [0.3, 0.4) is 0 Å². The molecule has 0 aliphatic heterocycles. The highest BCUT2D eigenvalue weighted by Gasteiger charge is 2.12. The molecular weight excluding hydrogens is 240 g/mol. The zero-order chi connectivity index (χ0) is 12.3. The van der Waals surface area contributed by atoms with Crippen molar-refractivity contribution in [1.29, 1.82) is 0 Å². The number of amides is 1. The lowest BCUT2D eigenvalue weighted by atomic mass is 10.4. The fourth-order valence-corrected chi connectivity index (χ4v) is 1.90. The van der Waals surface area contributed by atoms with E-state index in [-0.39, 0.29) is 12.5 Å². The molecule has 17 heavy (non-hydrogen) atoms. The van der Waals surface area contributed by atoms with Crippen LogP contribution in [0.5, 0.6) is 0 Å². The van der Waals surface area contributed by atoms with Crippen molar-refractivity contribution in [3.05, 3.63) is 6.33 Å². The molecule has 0 fully saturated rings. The maximum absolute atomic E-state index is 11.2. The Hall–Kier alpha value is -1.83. The second kappa shape index (κ2) is 5.00. The van der Waals surface area contributed by atoms with Gasteiger partial charge in [0, 0.05) is 7.05 Å². The maximum atomic E-state index is 11.2. The third kappa shape index (κ3) is 2.31. The first-order valence-corrected chi connectivity index (χ1v) is 6.16. The Labute approximate surface area is 102 Å². The molecule has 1 amide bonds. The second-order valence-corrected chi connectivity index (χ2v) is 4.00. The van der Waals surface area contributed by atoms with Gasteiger partial charge < -0.3 is 10.6 Å². The molecule has 0 aromatic carbocycles. The molecule has 0 atom stereocenters. The van der Waals surface area contributed by atoms with E-state index in [2.05, 4.69) is 30.8 Å². The summed E-state index contributed by atoms with van der Waals surface area (Å²) in [6.45, 7) is 0.168. The number of likely N-dealkylation sites (N-methyl/N-ethyl adjacent to an activating group) is 1. The summed E-state index contributed by atoms with van der Waals surface area (Å²) in [4.78, 5) is 19.4. The number of nitrogens with one attached hydrogen (secondary N) is 3. The maximum Gasteiger partial charge on any atom is 0.239 e. The van der Waals surface area contributed by atoms with Crippen molar-refractivity contribution < 1.29 is 4.79 Å². The number of aromatic nitrogens is 4. The van der Waals surface area contributed by atoms with Crippen LogP contribution < -0.4 is 10.6 Å². The number of aromatic amines is 1. The third-order valence-corrected chi connectivity index (χ3v) is 2.90. The lowest BCUT2D eigenvalue weighted by Crippen LogP contribution is -2.26. The Kier molecular flexibility index (Phi) is 3.43. The normalized spacial score (nSPS) is 10.5. The predicted octanol–water partition coefficient (Wildman–Crippen LogP) is 0.233. The van der Waals surface area contributed by atoms with Gasteiger partial charge in [0.2, 0.25) is 5.91 Å². The number of nitrogens with zero attached hydrogens (tertiary/aromatic N) is 3. The van der Waals surface area contributed by atoms with Gasteiger partial charge in [-0.25, -0.2) is 9.97 Å². The SMILES string of the molecule is CNC(=O)CNc1ncnc2[nH]nc(SC)c12. The number of hydrogen-bond donors (Lipinski definition) is 3. The molecule has 0 spiro atoms. The fraction of sp³-hybridized carbons (Fsp3) is 0.333. The van der Waals surface area contributed by atoms with E-state index in [9.17, 15) is 4.79 Å². The van der Waals surface area contributed by atoms with Crippen molar-refractivity contribution in [3.63, 3.8) is 0 Å². The summed E-state index contributed by atoms with van der Waals surface area (Å²) in [7, 11) is 1.59. The van der Waals surface area contributed by atoms with Crippen molar-refractivity contribution in [2.75, 3.05) is 25.2 Å². The highest BCUT2D eigenvalue weighted by molar-refractivity contribution is 7.98. The molecule has 0 aliphatic carbocycles. The van der Waals surface area contributed by atoms with Gasteiger partial charge in [0.25, 0.3) is 0 Å². The van der Waals surface area contributed by atoms with Crippen LogP contribution >= 0.6 is 11.8 Å². The van der Waals surface area contributed by atoms with Crippen molar-refractivity contribution >= 4 is 34.5 Å². The third-order valence-electron chi connectivity index (χ3n) is 2.21. The molecular formula is C9H12N6OS. The number of hydrogen-bond acceptors (Lipinski definition) is 6. The molecule has 2 aromatic heterocycles. The van der Waals surface area contributed by atoms with Gasteiger partial charge in [0.1, 0.15) is 17.2 Å². The summed E-state index contributed by atoms with van der Waals surface area (Å²) in [5.41, 5.74) is 0.656. The van der Waals surface area contributed by atoms with E-state index >= 15 is 0 Å². The molecule has 2 aromatic rings. The monoisotopic (exact) mass is 252 g/mol. The van der Waals surface area contributed by atoms with Crippen LogP contribution in [0, 0.1) is 0 Å². The van der Waals surface area contributed by atoms with Gasteiger partial charge in [-0.3, -0.25) is 9.89 Å². The summed E-state index contributed by atoms with van der Waals surface area (Å²) in [5, 5.41) is 14.0.